The van der Waals surface area contributed by atoms with Gasteiger partial charge in [0.1, 0.15) is 25.1 Å². The Labute approximate surface area is 175 Å². The van der Waals surface area contributed by atoms with Crippen LogP contribution >= 0.6 is 15.9 Å². The molecule has 0 radical (unpaired) electrons. The number of nitrogens with zero attached hydrogens (tertiary/aromatic N) is 2. The van der Waals surface area contributed by atoms with Gasteiger partial charge in [-0.1, -0.05) is 42.5 Å². The average Bonchev–Trinajstić information content (AvgIpc) is 3.10. The van der Waals surface area contributed by atoms with Gasteiger partial charge in [-0.05, 0) is 33.1 Å². The molecule has 9 heteroatoms. The first-order chi connectivity index (χ1) is 13.9. The van der Waals surface area contributed by atoms with Crippen LogP contribution in [0.4, 0.5) is 9.18 Å². The van der Waals surface area contributed by atoms with Crippen LogP contribution in [0.3, 0.4) is 0 Å². The number of nitro groups is 1. The molecule has 2 unspecified atom stereocenters. The number of benzene rings is 2. The standard InChI is InChI=1S/C20H20BrFN2O5/c21-16-8-4-7-15(18(16)22)11-17-20(13-25,24(27)28)9-10-23(17)19(26)29-12-14-5-2-1-3-6-14/h1-8,17,25H,9-13H2. The Kier molecular flexibility index (Phi) is 6.49. The van der Waals surface area contributed by atoms with Gasteiger partial charge in [0.15, 0.2) is 0 Å². The molecular weight excluding hydrogens is 447 g/mol. The Morgan fingerprint density at radius 1 is 1.31 bits per heavy atom. The Balaban J connectivity index is 1.85. The van der Waals surface area contributed by atoms with E-state index in [4.69, 9.17) is 4.74 Å². The first-order valence-electron chi connectivity index (χ1n) is 9.04. The summed E-state index contributed by atoms with van der Waals surface area (Å²) < 4.78 is 20.1. The zero-order valence-corrected chi connectivity index (χ0v) is 17.0. The quantitative estimate of drug-likeness (QED) is 0.518. The molecule has 1 amide bonds. The summed E-state index contributed by atoms with van der Waals surface area (Å²) in [5.41, 5.74) is -0.787. The first-order valence-corrected chi connectivity index (χ1v) is 9.84. The molecule has 154 valence electrons. The highest BCUT2D eigenvalue weighted by atomic mass is 79.9. The molecule has 2 atom stereocenters. The Hall–Kier alpha value is -2.52. The molecule has 0 aromatic heterocycles. The second-order valence-corrected chi connectivity index (χ2v) is 7.79. The van der Waals surface area contributed by atoms with E-state index in [0.29, 0.717) is 0 Å². The zero-order valence-electron chi connectivity index (χ0n) is 15.5. The van der Waals surface area contributed by atoms with E-state index in [9.17, 15) is 24.4 Å². The van der Waals surface area contributed by atoms with Crippen LogP contribution in [0.15, 0.2) is 53.0 Å². The van der Waals surface area contributed by atoms with Gasteiger partial charge >= 0.3 is 6.09 Å². The fraction of sp³-hybridized carbons (Fsp3) is 0.350. The van der Waals surface area contributed by atoms with E-state index in [1.165, 1.54) is 17.0 Å². The average molecular weight is 467 g/mol. The van der Waals surface area contributed by atoms with E-state index in [1.54, 1.807) is 30.3 Å². The zero-order chi connectivity index (χ0) is 21.0. The van der Waals surface area contributed by atoms with Crippen molar-refractivity contribution in [3.8, 4) is 0 Å². The SMILES string of the molecule is O=C(OCc1ccccc1)N1CCC(CO)([N+](=O)[O-])C1Cc1cccc(Br)c1F. The van der Waals surface area contributed by atoms with Crippen LogP contribution in [-0.2, 0) is 17.8 Å². The van der Waals surface area contributed by atoms with Crippen molar-refractivity contribution in [2.75, 3.05) is 13.2 Å². The van der Waals surface area contributed by atoms with Crippen molar-refractivity contribution in [3.63, 3.8) is 0 Å². The van der Waals surface area contributed by atoms with Crippen molar-refractivity contribution in [2.24, 2.45) is 0 Å². The third-order valence-corrected chi connectivity index (χ3v) is 5.92. The molecule has 7 nitrogen and oxygen atoms in total. The second kappa shape index (κ2) is 8.87. The maximum atomic E-state index is 14.5. The molecule has 3 rings (SSSR count). The van der Waals surface area contributed by atoms with Crippen LogP contribution in [0.25, 0.3) is 0 Å². The van der Waals surface area contributed by atoms with E-state index in [0.717, 1.165) is 5.56 Å². The number of halogens is 2. The largest absolute Gasteiger partial charge is 0.445 e. The van der Waals surface area contributed by atoms with Gasteiger partial charge < -0.3 is 9.84 Å². The van der Waals surface area contributed by atoms with E-state index in [2.05, 4.69) is 15.9 Å². The molecule has 0 spiro atoms. The molecule has 1 aliphatic heterocycles. The molecule has 1 fully saturated rings. The summed E-state index contributed by atoms with van der Waals surface area (Å²) in [5.74, 6) is -0.549. The number of aliphatic hydroxyl groups excluding tert-OH is 1. The van der Waals surface area contributed by atoms with Gasteiger partial charge in [0.25, 0.3) is 5.54 Å². The van der Waals surface area contributed by atoms with Crippen LogP contribution in [-0.4, -0.2) is 45.8 Å². The molecule has 0 aliphatic carbocycles. The normalized spacial score (nSPS) is 21.2. The highest BCUT2D eigenvalue weighted by molar-refractivity contribution is 9.10. The lowest BCUT2D eigenvalue weighted by atomic mass is 9.87. The summed E-state index contributed by atoms with van der Waals surface area (Å²) in [5, 5.41) is 21.7. The van der Waals surface area contributed by atoms with Gasteiger partial charge in [-0.15, -0.1) is 0 Å². The van der Waals surface area contributed by atoms with Crippen molar-refractivity contribution < 1.29 is 24.0 Å². The number of hydrogen-bond donors (Lipinski definition) is 1. The fourth-order valence-corrected chi connectivity index (χ4v) is 4.02. The van der Waals surface area contributed by atoms with Crippen LogP contribution in [0.1, 0.15) is 17.5 Å². The lowest BCUT2D eigenvalue weighted by Crippen LogP contribution is -2.55. The van der Waals surface area contributed by atoms with Gasteiger partial charge in [0, 0.05) is 24.3 Å². The Morgan fingerprint density at radius 3 is 2.69 bits per heavy atom. The number of ether oxygens (including phenoxy) is 1. The van der Waals surface area contributed by atoms with Crippen LogP contribution in [0.5, 0.6) is 0 Å². The number of amides is 1. The summed E-state index contributed by atoms with van der Waals surface area (Å²) in [6, 6.07) is 12.6. The number of likely N-dealkylation sites (tertiary alicyclic amines) is 1. The van der Waals surface area contributed by atoms with E-state index < -0.39 is 35.0 Å². The summed E-state index contributed by atoms with van der Waals surface area (Å²) in [4.78, 5) is 25.2. The Morgan fingerprint density at radius 2 is 2.03 bits per heavy atom. The smallest absolute Gasteiger partial charge is 0.410 e. The number of rotatable bonds is 6. The maximum absolute atomic E-state index is 14.5. The minimum absolute atomic E-state index is 0.0126. The van der Waals surface area contributed by atoms with Crippen LogP contribution in [0, 0.1) is 15.9 Å². The molecule has 1 saturated heterocycles. The van der Waals surface area contributed by atoms with Gasteiger partial charge in [-0.25, -0.2) is 9.18 Å². The lowest BCUT2D eigenvalue weighted by molar-refractivity contribution is -0.576. The lowest BCUT2D eigenvalue weighted by Gasteiger charge is -2.30. The molecule has 29 heavy (non-hydrogen) atoms. The molecule has 0 bridgehead atoms. The predicted octanol–water partition coefficient (Wildman–Crippen LogP) is 3.55. The van der Waals surface area contributed by atoms with Crippen LogP contribution in [0.2, 0.25) is 0 Å². The van der Waals surface area contributed by atoms with E-state index in [-0.39, 0.29) is 36.0 Å². The first kappa shape index (κ1) is 21.2. The van der Waals surface area contributed by atoms with Crippen molar-refractivity contribution in [1.29, 1.82) is 0 Å². The number of carbonyl (C=O) groups excluding carboxylic acids is 1. The molecule has 2 aromatic carbocycles. The van der Waals surface area contributed by atoms with Crippen LogP contribution < -0.4 is 0 Å². The fourth-order valence-electron chi connectivity index (χ4n) is 3.62. The highest BCUT2D eigenvalue weighted by Gasteiger charge is 2.59. The van der Waals surface area contributed by atoms with Crippen molar-refractivity contribution in [2.45, 2.75) is 31.0 Å². The maximum Gasteiger partial charge on any atom is 0.410 e. The summed E-state index contributed by atoms with van der Waals surface area (Å²) in [6.07, 6.45) is -0.892. The van der Waals surface area contributed by atoms with Crippen molar-refractivity contribution in [1.82, 2.24) is 4.90 Å². The van der Waals surface area contributed by atoms with E-state index >= 15 is 0 Å². The predicted molar refractivity (Wildman–Crippen MR) is 106 cm³/mol. The van der Waals surface area contributed by atoms with Gasteiger partial charge in [0.2, 0.25) is 0 Å². The monoisotopic (exact) mass is 466 g/mol. The molecule has 0 saturated carbocycles. The molecule has 2 aromatic rings. The van der Waals surface area contributed by atoms with E-state index in [1.807, 2.05) is 6.07 Å². The van der Waals surface area contributed by atoms with Gasteiger partial charge in [0.05, 0.1) is 4.47 Å². The van der Waals surface area contributed by atoms with Crippen molar-refractivity contribution >= 4 is 22.0 Å². The summed E-state index contributed by atoms with van der Waals surface area (Å²) in [7, 11) is 0. The summed E-state index contributed by atoms with van der Waals surface area (Å²) >= 11 is 3.10. The third kappa shape index (κ3) is 4.25. The number of hydrogen-bond acceptors (Lipinski definition) is 5. The second-order valence-electron chi connectivity index (χ2n) is 6.94. The minimum Gasteiger partial charge on any atom is -0.445 e. The molecule has 1 N–H and O–H groups in total. The molecule has 1 heterocycles. The summed E-state index contributed by atoms with van der Waals surface area (Å²) in [6.45, 7) is -0.711. The van der Waals surface area contributed by atoms with Gasteiger partial charge in [-0.3, -0.25) is 15.0 Å². The van der Waals surface area contributed by atoms with Gasteiger partial charge in [-0.2, -0.15) is 0 Å². The molecular formula is C20H20BrFN2O5. The number of carbonyl (C=O) groups is 1. The Bertz CT molecular complexity index is 898. The third-order valence-electron chi connectivity index (χ3n) is 5.30. The minimum atomic E-state index is -1.78. The molecule has 1 aliphatic rings. The number of aliphatic hydroxyl groups is 1. The topological polar surface area (TPSA) is 92.9 Å². The highest BCUT2D eigenvalue weighted by Crippen LogP contribution is 2.35. The van der Waals surface area contributed by atoms with Crippen molar-refractivity contribution in [3.05, 3.63) is 80.1 Å².